The first kappa shape index (κ1) is 21.1. The van der Waals surface area contributed by atoms with E-state index in [0.717, 1.165) is 37.5 Å². The molecule has 1 atom stereocenters. The Morgan fingerprint density at radius 2 is 2.00 bits per heavy atom. The minimum absolute atomic E-state index is 0.0106. The Bertz CT molecular complexity index is 994. The Morgan fingerprint density at radius 3 is 2.67 bits per heavy atom. The minimum atomic E-state index is -0.398. The molecule has 0 radical (unpaired) electrons. The molecule has 160 valence electrons. The average Bonchev–Trinajstić information content (AvgIpc) is 3.35. The van der Waals surface area contributed by atoms with Crippen LogP contribution in [-0.4, -0.2) is 33.4 Å². The lowest BCUT2D eigenvalue weighted by atomic mass is 9.87. The summed E-state index contributed by atoms with van der Waals surface area (Å²) in [7, 11) is 2.12. The topological polar surface area (TPSA) is 50.2 Å². The molecule has 0 saturated carbocycles. The van der Waals surface area contributed by atoms with Gasteiger partial charge in [-0.25, -0.2) is 4.98 Å². The summed E-state index contributed by atoms with van der Waals surface area (Å²) in [5.41, 5.74) is 2.28. The number of para-hydroxylation sites is 1. The zero-order valence-electron chi connectivity index (χ0n) is 18.4. The maximum Gasteiger partial charge on any atom is 0.225 e. The number of nitrogens with one attached hydrogen (secondary N) is 1. The molecule has 0 aliphatic carbocycles. The van der Waals surface area contributed by atoms with Crippen LogP contribution in [0.5, 0.6) is 0 Å². The van der Waals surface area contributed by atoms with Crippen molar-refractivity contribution >= 4 is 28.1 Å². The van der Waals surface area contributed by atoms with Crippen molar-refractivity contribution in [2.24, 2.45) is 18.4 Å². The van der Waals surface area contributed by atoms with Crippen LogP contribution in [0.25, 0.3) is 10.9 Å². The third kappa shape index (κ3) is 4.44. The number of aromatic nitrogens is 2. The van der Waals surface area contributed by atoms with Crippen molar-refractivity contribution in [2.75, 3.05) is 13.1 Å². The van der Waals surface area contributed by atoms with E-state index in [2.05, 4.69) is 57.3 Å². The number of thiazole rings is 1. The lowest BCUT2D eigenvalue weighted by Crippen LogP contribution is -2.43. The summed E-state index contributed by atoms with van der Waals surface area (Å²) in [5, 5.41) is 7.68. The molecule has 3 heterocycles. The second-order valence-electron chi connectivity index (χ2n) is 9.47. The zero-order valence-corrected chi connectivity index (χ0v) is 19.2. The van der Waals surface area contributed by atoms with Crippen molar-refractivity contribution in [3.05, 3.63) is 52.6 Å². The number of aryl methyl sites for hydroxylation is 1. The fraction of sp³-hybridized carbons (Fsp3) is 0.500. The van der Waals surface area contributed by atoms with Crippen LogP contribution in [0.2, 0.25) is 0 Å². The van der Waals surface area contributed by atoms with E-state index < -0.39 is 5.41 Å². The highest BCUT2D eigenvalue weighted by Crippen LogP contribution is 2.34. The Labute approximate surface area is 183 Å². The van der Waals surface area contributed by atoms with Gasteiger partial charge < -0.3 is 9.88 Å². The van der Waals surface area contributed by atoms with Gasteiger partial charge in [-0.3, -0.25) is 9.69 Å². The number of carbonyl (C=O) groups excluding carboxylic acids is 1. The van der Waals surface area contributed by atoms with Gasteiger partial charge in [0, 0.05) is 47.7 Å². The Hall–Kier alpha value is -2.18. The third-order valence-electron chi connectivity index (χ3n) is 6.16. The van der Waals surface area contributed by atoms with E-state index in [0.29, 0.717) is 5.92 Å². The Balaban J connectivity index is 1.43. The van der Waals surface area contributed by atoms with Gasteiger partial charge in [-0.1, -0.05) is 39.0 Å². The Morgan fingerprint density at radius 1 is 1.27 bits per heavy atom. The molecule has 1 saturated heterocycles. The molecule has 3 aromatic rings. The highest BCUT2D eigenvalue weighted by atomic mass is 32.1. The number of piperidine rings is 1. The fourth-order valence-corrected chi connectivity index (χ4v) is 5.14. The maximum atomic E-state index is 12.7. The number of likely N-dealkylation sites (tertiary alicyclic amines) is 1. The lowest BCUT2D eigenvalue weighted by molar-refractivity contribution is -0.129. The van der Waals surface area contributed by atoms with Crippen LogP contribution in [0, 0.1) is 11.3 Å². The fourth-order valence-electron chi connectivity index (χ4n) is 4.36. The van der Waals surface area contributed by atoms with E-state index in [9.17, 15) is 4.79 Å². The van der Waals surface area contributed by atoms with Crippen molar-refractivity contribution in [1.29, 1.82) is 0 Å². The average molecular weight is 425 g/mol. The Kier molecular flexibility index (Phi) is 5.98. The molecule has 1 unspecified atom stereocenters. The van der Waals surface area contributed by atoms with Gasteiger partial charge >= 0.3 is 0 Å². The first-order chi connectivity index (χ1) is 14.3. The van der Waals surface area contributed by atoms with Crippen LogP contribution in [0.1, 0.15) is 50.2 Å². The number of nitrogens with zero attached hydrogens (tertiary/aromatic N) is 3. The molecule has 2 aromatic heterocycles. The highest BCUT2D eigenvalue weighted by molar-refractivity contribution is 7.09. The number of carbonyl (C=O) groups is 1. The smallest absolute Gasteiger partial charge is 0.225 e. The number of hydrogen-bond donors (Lipinski definition) is 1. The van der Waals surface area contributed by atoms with Crippen LogP contribution in [0.15, 0.2) is 42.0 Å². The molecule has 1 N–H and O–H groups in total. The summed E-state index contributed by atoms with van der Waals surface area (Å²) < 4.78 is 2.22. The van der Waals surface area contributed by atoms with Gasteiger partial charge in [0.15, 0.2) is 0 Å². The number of hydrogen-bond acceptors (Lipinski definition) is 4. The van der Waals surface area contributed by atoms with Crippen LogP contribution in [0.4, 0.5) is 0 Å². The summed E-state index contributed by atoms with van der Waals surface area (Å²) in [6.45, 7) is 8.96. The predicted molar refractivity (Wildman–Crippen MR) is 123 cm³/mol. The molecule has 6 heteroatoms. The monoisotopic (exact) mass is 424 g/mol. The van der Waals surface area contributed by atoms with Crippen molar-refractivity contribution in [2.45, 2.75) is 46.2 Å². The molecule has 4 rings (SSSR count). The number of fused-ring (bicyclic) bond motifs is 1. The maximum absolute atomic E-state index is 12.7. The second kappa shape index (κ2) is 8.52. The lowest BCUT2D eigenvalue weighted by Gasteiger charge is -2.36. The zero-order chi connectivity index (χ0) is 21.3. The second-order valence-corrected chi connectivity index (χ2v) is 10.4. The molecule has 1 aromatic carbocycles. The van der Waals surface area contributed by atoms with E-state index in [-0.39, 0.29) is 11.9 Å². The summed E-state index contributed by atoms with van der Waals surface area (Å²) in [6.07, 6.45) is 6.24. The summed E-state index contributed by atoms with van der Waals surface area (Å²) in [5.74, 6) is 0.520. The van der Waals surface area contributed by atoms with E-state index in [1.807, 2.05) is 32.3 Å². The molecular formula is C24H32N4OS. The molecule has 30 heavy (non-hydrogen) atoms. The van der Waals surface area contributed by atoms with Crippen molar-refractivity contribution < 1.29 is 4.79 Å². The number of benzene rings is 1. The van der Waals surface area contributed by atoms with Gasteiger partial charge in [0.25, 0.3) is 0 Å². The first-order valence-corrected chi connectivity index (χ1v) is 11.7. The van der Waals surface area contributed by atoms with Gasteiger partial charge in [0.2, 0.25) is 5.91 Å². The van der Waals surface area contributed by atoms with Gasteiger partial charge in [-0.2, -0.15) is 0 Å². The molecule has 1 aliphatic rings. The van der Waals surface area contributed by atoms with Crippen LogP contribution in [-0.2, 0) is 18.4 Å². The molecule has 1 aliphatic heterocycles. The highest BCUT2D eigenvalue weighted by Gasteiger charge is 2.33. The van der Waals surface area contributed by atoms with Crippen LogP contribution in [0.3, 0.4) is 0 Å². The van der Waals surface area contributed by atoms with Gasteiger partial charge in [0.1, 0.15) is 5.01 Å². The molecular weight excluding hydrogens is 392 g/mol. The quantitative estimate of drug-likeness (QED) is 0.643. The van der Waals surface area contributed by atoms with Crippen molar-refractivity contribution in [1.82, 2.24) is 19.8 Å². The molecule has 1 amide bonds. The van der Waals surface area contributed by atoms with E-state index in [4.69, 9.17) is 0 Å². The molecule has 1 fully saturated rings. The predicted octanol–water partition coefficient (Wildman–Crippen LogP) is 4.75. The van der Waals surface area contributed by atoms with Gasteiger partial charge in [-0.05, 0) is 43.5 Å². The standard InChI is InChI=1S/C24H32N4OS/c1-24(2,3)23(29)26-21(22-25-11-14-30-22)17-9-12-28(13-10-17)16-18-15-27(4)20-8-6-5-7-19(18)20/h5-8,11,14-15,17,21H,9-10,12-13,16H2,1-4H3,(H,26,29). The number of rotatable bonds is 5. The summed E-state index contributed by atoms with van der Waals surface area (Å²) in [4.78, 5) is 19.8. The summed E-state index contributed by atoms with van der Waals surface area (Å²) in [6, 6.07) is 8.63. The van der Waals surface area contributed by atoms with Crippen LogP contribution < -0.4 is 5.32 Å². The third-order valence-corrected chi connectivity index (χ3v) is 7.02. The van der Waals surface area contributed by atoms with Gasteiger partial charge in [0.05, 0.1) is 6.04 Å². The minimum Gasteiger partial charge on any atom is -0.350 e. The normalized spacial score (nSPS) is 17.3. The van der Waals surface area contributed by atoms with Crippen LogP contribution >= 0.6 is 11.3 Å². The largest absolute Gasteiger partial charge is 0.350 e. The van der Waals surface area contributed by atoms with Crippen molar-refractivity contribution in [3.63, 3.8) is 0 Å². The molecule has 5 nitrogen and oxygen atoms in total. The molecule has 0 spiro atoms. The summed E-state index contributed by atoms with van der Waals surface area (Å²) >= 11 is 1.64. The SMILES string of the molecule is Cn1cc(CN2CCC(C(NC(=O)C(C)(C)C)c3nccs3)CC2)c2ccccc21. The van der Waals surface area contributed by atoms with E-state index >= 15 is 0 Å². The van der Waals surface area contributed by atoms with Crippen molar-refractivity contribution in [3.8, 4) is 0 Å². The van der Waals surface area contributed by atoms with Gasteiger partial charge in [-0.15, -0.1) is 11.3 Å². The van der Waals surface area contributed by atoms with E-state index in [1.165, 1.54) is 16.5 Å². The molecule has 0 bridgehead atoms. The van der Waals surface area contributed by atoms with E-state index in [1.54, 1.807) is 11.3 Å². The number of amides is 1. The first-order valence-electron chi connectivity index (χ1n) is 10.8.